The summed E-state index contributed by atoms with van der Waals surface area (Å²) in [6, 6.07) is 0. The first kappa shape index (κ1) is 12.3. The molecule has 0 aromatic carbocycles. The van der Waals surface area contributed by atoms with Crippen molar-refractivity contribution in [3.05, 3.63) is 21.3 Å². The number of fused-ring (bicyclic) bond motifs is 1. The van der Waals surface area contributed by atoms with E-state index in [4.69, 9.17) is 12.2 Å². The van der Waals surface area contributed by atoms with Gasteiger partial charge < -0.3 is 4.98 Å². The fourth-order valence-electron chi connectivity index (χ4n) is 1.24. The molecule has 0 aliphatic heterocycles. The van der Waals surface area contributed by atoms with E-state index in [2.05, 4.69) is 15.2 Å². The van der Waals surface area contributed by atoms with Gasteiger partial charge in [-0.2, -0.15) is 5.10 Å². The predicted octanol–water partition coefficient (Wildman–Crippen LogP) is 0.421. The van der Waals surface area contributed by atoms with Crippen LogP contribution < -0.4 is 5.56 Å². The van der Waals surface area contributed by atoms with Gasteiger partial charge in [0, 0.05) is 57.9 Å². The Labute approximate surface area is 127 Å². The normalized spacial score (nSPS) is 10.1. The molecule has 2 aromatic heterocycles. The molecule has 2 rings (SSSR count). The van der Waals surface area contributed by atoms with Crippen molar-refractivity contribution in [3.8, 4) is 0 Å². The summed E-state index contributed by atoms with van der Waals surface area (Å²) in [6.07, 6.45) is 1.50. The quantitative estimate of drug-likeness (QED) is 0.556. The predicted molar refractivity (Wildman–Crippen MR) is 57.0 cm³/mol. The maximum atomic E-state index is 11.7. The van der Waals surface area contributed by atoms with Crippen molar-refractivity contribution in [3.63, 3.8) is 0 Å². The Morgan fingerprint density at radius 2 is 2.36 bits per heavy atom. The van der Waals surface area contributed by atoms with Crippen LogP contribution in [-0.4, -0.2) is 71.1 Å². The van der Waals surface area contributed by atoms with Crippen molar-refractivity contribution in [1.82, 2.24) is 19.7 Å². The Morgan fingerprint density at radius 1 is 1.64 bits per heavy atom. The van der Waals surface area contributed by atoms with Crippen LogP contribution in [0.15, 0.2) is 11.0 Å². The van der Waals surface area contributed by atoms with Crippen molar-refractivity contribution in [2.24, 2.45) is 0 Å². The van der Waals surface area contributed by atoms with Gasteiger partial charge in [0.1, 0.15) is 11.0 Å². The molecule has 2 heterocycles. The largest absolute Gasteiger partial charge is 0.317 e. The van der Waals surface area contributed by atoms with E-state index in [1.807, 2.05) is 6.92 Å². The summed E-state index contributed by atoms with van der Waals surface area (Å²) in [5.74, 6) is 0. The summed E-state index contributed by atoms with van der Waals surface area (Å²) in [5.41, 5.74) is 0.481. The van der Waals surface area contributed by atoms with Gasteiger partial charge >= 0.3 is 0 Å². The summed E-state index contributed by atoms with van der Waals surface area (Å²) in [6.45, 7) is 2.44. The Bertz CT molecular complexity index is 555. The number of H-pyrrole nitrogens is 2. The molecule has 7 heteroatoms. The third-order valence-electron chi connectivity index (χ3n) is 1.91. The van der Waals surface area contributed by atoms with Crippen molar-refractivity contribution in [2.75, 3.05) is 0 Å². The van der Waals surface area contributed by atoms with E-state index in [1.54, 1.807) is 0 Å². The van der Waals surface area contributed by atoms with Crippen LogP contribution in [-0.2, 0) is 6.54 Å². The molecule has 0 unspecified atom stereocenters. The molecule has 1 radical (unpaired) electrons. The van der Waals surface area contributed by atoms with E-state index in [-0.39, 0.29) is 56.9 Å². The number of aromatic amines is 2. The van der Waals surface area contributed by atoms with Gasteiger partial charge in [0.05, 0.1) is 6.20 Å². The van der Waals surface area contributed by atoms with Crippen molar-refractivity contribution < 1.29 is 0 Å². The minimum atomic E-state index is -0.102. The standard InChI is InChI=1S/C7H8N4OS.K/c1-2-11-6(12)4-3-8-10-5(4)9-7(11)13;/h3H,2H2,1H3,(H2,8,9,10,13);. The molecule has 0 amide bonds. The first-order valence-electron chi connectivity index (χ1n) is 3.90. The van der Waals surface area contributed by atoms with E-state index in [9.17, 15) is 4.79 Å². The van der Waals surface area contributed by atoms with Gasteiger partial charge in [-0.05, 0) is 19.1 Å². The zero-order valence-corrected chi connectivity index (χ0v) is 11.9. The monoisotopic (exact) mass is 235 g/mol. The number of nitrogens with one attached hydrogen (secondary N) is 2. The van der Waals surface area contributed by atoms with Gasteiger partial charge in [-0.3, -0.25) is 14.5 Å². The molecule has 0 aliphatic carbocycles. The molecular formula is C7H8KN4OS. The first-order valence-corrected chi connectivity index (χ1v) is 4.31. The zero-order chi connectivity index (χ0) is 9.42. The maximum Gasteiger partial charge on any atom is 0.265 e. The van der Waals surface area contributed by atoms with Gasteiger partial charge in [-0.15, -0.1) is 0 Å². The second-order valence-electron chi connectivity index (χ2n) is 2.64. The third-order valence-corrected chi connectivity index (χ3v) is 2.23. The van der Waals surface area contributed by atoms with Gasteiger partial charge in [0.2, 0.25) is 0 Å². The molecule has 2 N–H and O–H groups in total. The molecule has 2 aromatic rings. The van der Waals surface area contributed by atoms with E-state index in [0.717, 1.165) is 0 Å². The van der Waals surface area contributed by atoms with Crippen LogP contribution >= 0.6 is 12.2 Å². The summed E-state index contributed by atoms with van der Waals surface area (Å²) in [7, 11) is 0. The van der Waals surface area contributed by atoms with Crippen LogP contribution in [0.4, 0.5) is 0 Å². The molecule has 0 saturated heterocycles. The minimum Gasteiger partial charge on any atom is -0.317 e. The van der Waals surface area contributed by atoms with E-state index in [0.29, 0.717) is 22.3 Å². The van der Waals surface area contributed by atoms with Gasteiger partial charge in [0.15, 0.2) is 4.77 Å². The Balaban J connectivity index is 0.000000980. The van der Waals surface area contributed by atoms with Crippen molar-refractivity contribution in [1.29, 1.82) is 0 Å². The average molecular weight is 235 g/mol. The van der Waals surface area contributed by atoms with E-state index < -0.39 is 0 Å². The molecule has 5 nitrogen and oxygen atoms in total. The first-order chi connectivity index (χ1) is 6.24. The molecule has 69 valence electrons. The third kappa shape index (κ3) is 1.93. The van der Waals surface area contributed by atoms with Crippen LogP contribution in [0.3, 0.4) is 0 Å². The summed E-state index contributed by atoms with van der Waals surface area (Å²) in [4.78, 5) is 14.5. The topological polar surface area (TPSA) is 66.5 Å². The van der Waals surface area contributed by atoms with Gasteiger partial charge in [-0.1, -0.05) is 0 Å². The SMILES string of the molecule is CCn1c(=S)[nH]c2[nH]ncc2c1=O.[K]. The van der Waals surface area contributed by atoms with Crippen molar-refractivity contribution in [2.45, 2.75) is 13.5 Å². The van der Waals surface area contributed by atoms with Crippen molar-refractivity contribution >= 4 is 74.6 Å². The maximum absolute atomic E-state index is 11.7. The molecule has 14 heavy (non-hydrogen) atoms. The van der Waals surface area contributed by atoms with Crippen LogP contribution in [0, 0.1) is 4.77 Å². The van der Waals surface area contributed by atoms with Gasteiger partial charge in [0.25, 0.3) is 5.56 Å². The Hall–Kier alpha value is 0.206. The van der Waals surface area contributed by atoms with Crippen LogP contribution in [0.5, 0.6) is 0 Å². The fourth-order valence-corrected chi connectivity index (χ4v) is 1.56. The second kappa shape index (κ2) is 4.82. The molecule has 0 atom stereocenters. The molecule has 0 bridgehead atoms. The molecule has 0 fully saturated rings. The number of nitrogens with zero attached hydrogens (tertiary/aromatic N) is 2. The fraction of sp³-hybridized carbons (Fsp3) is 0.286. The minimum absolute atomic E-state index is 0. The molecular weight excluding hydrogens is 227 g/mol. The van der Waals surface area contributed by atoms with Crippen LogP contribution in [0.1, 0.15) is 6.92 Å². The smallest absolute Gasteiger partial charge is 0.265 e. The summed E-state index contributed by atoms with van der Waals surface area (Å²) in [5, 5.41) is 6.97. The second-order valence-corrected chi connectivity index (χ2v) is 3.02. The van der Waals surface area contributed by atoms with E-state index in [1.165, 1.54) is 10.8 Å². The average Bonchev–Trinajstić information content (AvgIpc) is 2.53. The number of hydrogen-bond acceptors (Lipinski definition) is 3. The Morgan fingerprint density at radius 3 is 3.00 bits per heavy atom. The summed E-state index contributed by atoms with van der Waals surface area (Å²) < 4.78 is 1.91. The molecule has 0 spiro atoms. The number of aromatic nitrogens is 4. The zero-order valence-electron chi connectivity index (χ0n) is 8.00. The van der Waals surface area contributed by atoms with Gasteiger partial charge in [-0.25, -0.2) is 0 Å². The Kier molecular flexibility index (Phi) is 4.23. The molecule has 0 saturated carbocycles. The molecule has 0 aliphatic rings. The number of hydrogen-bond donors (Lipinski definition) is 2. The van der Waals surface area contributed by atoms with E-state index >= 15 is 0 Å². The summed E-state index contributed by atoms with van der Waals surface area (Å²) >= 11 is 4.99. The van der Waals surface area contributed by atoms with Crippen LogP contribution in [0.25, 0.3) is 11.0 Å². The van der Waals surface area contributed by atoms with Crippen LogP contribution in [0.2, 0.25) is 0 Å². The number of rotatable bonds is 1.